The van der Waals surface area contributed by atoms with Crippen LogP contribution in [0, 0.1) is 5.82 Å². The van der Waals surface area contributed by atoms with E-state index in [4.69, 9.17) is 0 Å². The molecule has 0 aromatic heterocycles. The molecule has 0 fully saturated rings. The van der Waals surface area contributed by atoms with E-state index in [-0.39, 0.29) is 10.9 Å². The van der Waals surface area contributed by atoms with Gasteiger partial charge < -0.3 is 5.32 Å². The van der Waals surface area contributed by atoms with Crippen molar-refractivity contribution in [2.75, 3.05) is 5.32 Å². The third-order valence-corrected chi connectivity index (χ3v) is 2.21. The molecule has 0 aliphatic rings. The number of carbonyl (C=O) groups excluding carboxylic acids is 1. The van der Waals surface area contributed by atoms with Crippen LogP contribution in [0.15, 0.2) is 16.6 Å². The maximum atomic E-state index is 13.2. The number of alkyl halides is 3. The smallest absolute Gasteiger partial charge is 0.328 e. The van der Waals surface area contributed by atoms with Crippen LogP contribution in [0.1, 0.15) is 5.56 Å². The molecule has 2 nitrogen and oxygen atoms in total. The summed E-state index contributed by atoms with van der Waals surface area (Å²) >= 11 is 2.63. The Bertz CT molecular complexity index is 391. The molecule has 0 heterocycles. The third kappa shape index (κ3) is 2.47. The van der Waals surface area contributed by atoms with Crippen LogP contribution in [-0.2, 0) is 11.0 Å². The molecule has 0 unspecified atom stereocenters. The predicted octanol–water partition coefficient (Wildman–Crippen LogP) is 3.18. The number of hydrogen-bond donors (Lipinski definition) is 1. The number of halogens is 5. The monoisotopic (exact) mass is 285 g/mol. The minimum atomic E-state index is -4.86. The fourth-order valence-electron chi connectivity index (χ4n) is 1.01. The van der Waals surface area contributed by atoms with Crippen LogP contribution in [0.3, 0.4) is 0 Å². The van der Waals surface area contributed by atoms with Gasteiger partial charge in [0.2, 0.25) is 6.41 Å². The Kier molecular flexibility index (Phi) is 3.33. The average Bonchev–Trinajstić information content (AvgIpc) is 2.10. The van der Waals surface area contributed by atoms with E-state index in [1.165, 1.54) is 0 Å². The highest BCUT2D eigenvalue weighted by atomic mass is 79.9. The molecule has 0 spiro atoms. The first-order valence-corrected chi connectivity index (χ1v) is 4.42. The molecule has 1 rings (SSSR count). The summed E-state index contributed by atoms with van der Waals surface area (Å²) in [5, 5.41) is 1.79. The van der Waals surface area contributed by atoms with Crippen molar-refractivity contribution in [3.63, 3.8) is 0 Å². The molecule has 82 valence electrons. The molecule has 0 atom stereocenters. The summed E-state index contributed by atoms with van der Waals surface area (Å²) < 4.78 is 50.0. The maximum Gasteiger partial charge on any atom is 0.421 e. The van der Waals surface area contributed by atoms with Crippen LogP contribution in [0.5, 0.6) is 0 Å². The van der Waals surface area contributed by atoms with Gasteiger partial charge in [0, 0.05) is 0 Å². The topological polar surface area (TPSA) is 29.1 Å². The first kappa shape index (κ1) is 12.0. The van der Waals surface area contributed by atoms with E-state index in [0.717, 1.165) is 12.1 Å². The van der Waals surface area contributed by atoms with Crippen molar-refractivity contribution in [3.05, 3.63) is 28.0 Å². The number of nitrogens with one attached hydrogen (secondary N) is 1. The van der Waals surface area contributed by atoms with Gasteiger partial charge in [-0.05, 0) is 28.1 Å². The minimum absolute atomic E-state index is 0.0535. The molecule has 0 aliphatic carbocycles. The zero-order chi connectivity index (χ0) is 11.6. The Morgan fingerprint density at radius 3 is 2.40 bits per heavy atom. The third-order valence-electron chi connectivity index (χ3n) is 1.59. The summed E-state index contributed by atoms with van der Waals surface area (Å²) in [4.78, 5) is 10.0. The van der Waals surface area contributed by atoms with Gasteiger partial charge in [0.25, 0.3) is 0 Å². The van der Waals surface area contributed by atoms with Crippen LogP contribution in [0.4, 0.5) is 23.2 Å². The normalized spacial score (nSPS) is 11.3. The quantitative estimate of drug-likeness (QED) is 0.656. The summed E-state index contributed by atoms with van der Waals surface area (Å²) in [7, 11) is 0. The van der Waals surface area contributed by atoms with Crippen molar-refractivity contribution in [1.29, 1.82) is 0 Å². The minimum Gasteiger partial charge on any atom is -0.328 e. The molecule has 1 aromatic rings. The van der Waals surface area contributed by atoms with Crippen molar-refractivity contribution in [1.82, 2.24) is 0 Å². The van der Waals surface area contributed by atoms with Gasteiger partial charge in [0.05, 0.1) is 10.2 Å². The SMILES string of the molecule is O=CNc1ccc(Br)c(F)c1C(F)(F)F. The largest absolute Gasteiger partial charge is 0.421 e. The lowest BCUT2D eigenvalue weighted by Crippen LogP contribution is -2.13. The molecule has 0 saturated carbocycles. The Labute approximate surface area is 90.4 Å². The lowest BCUT2D eigenvalue weighted by Gasteiger charge is -2.13. The second kappa shape index (κ2) is 4.18. The van der Waals surface area contributed by atoms with Gasteiger partial charge in [-0.25, -0.2) is 4.39 Å². The highest BCUT2D eigenvalue weighted by Gasteiger charge is 2.37. The van der Waals surface area contributed by atoms with E-state index in [2.05, 4.69) is 15.9 Å². The van der Waals surface area contributed by atoms with Crippen LogP contribution in [0.25, 0.3) is 0 Å². The van der Waals surface area contributed by atoms with Crippen LogP contribution < -0.4 is 5.32 Å². The van der Waals surface area contributed by atoms with Gasteiger partial charge in [0.15, 0.2) is 5.82 Å². The van der Waals surface area contributed by atoms with Crippen molar-refractivity contribution < 1.29 is 22.4 Å². The summed E-state index contributed by atoms with van der Waals surface area (Å²) in [6.45, 7) is 0. The summed E-state index contributed by atoms with van der Waals surface area (Å²) in [5.41, 5.74) is -2.11. The first-order chi connectivity index (χ1) is 6.88. The van der Waals surface area contributed by atoms with Gasteiger partial charge in [-0.2, -0.15) is 13.2 Å². The molecule has 0 bridgehead atoms. The molecule has 0 saturated heterocycles. The summed E-state index contributed by atoms with van der Waals surface area (Å²) in [6.07, 6.45) is -4.81. The van der Waals surface area contributed by atoms with E-state index in [1.807, 2.05) is 0 Å². The Balaban J connectivity index is 3.41. The molecule has 1 amide bonds. The predicted molar refractivity (Wildman–Crippen MR) is 48.8 cm³/mol. The molecule has 0 radical (unpaired) electrons. The Hall–Kier alpha value is -1.11. The summed E-state index contributed by atoms with van der Waals surface area (Å²) in [6, 6.07) is 2.04. The first-order valence-electron chi connectivity index (χ1n) is 3.63. The van der Waals surface area contributed by atoms with E-state index in [0.29, 0.717) is 0 Å². The highest BCUT2D eigenvalue weighted by Crippen LogP contribution is 2.38. The van der Waals surface area contributed by atoms with Gasteiger partial charge in [-0.3, -0.25) is 4.79 Å². The van der Waals surface area contributed by atoms with Crippen molar-refractivity contribution >= 4 is 28.0 Å². The zero-order valence-electron chi connectivity index (χ0n) is 7.03. The molecule has 15 heavy (non-hydrogen) atoms. The number of anilines is 1. The molecular weight excluding hydrogens is 282 g/mol. The molecule has 7 heteroatoms. The summed E-state index contributed by atoms with van der Waals surface area (Å²) in [5.74, 6) is -1.45. The van der Waals surface area contributed by atoms with E-state index >= 15 is 0 Å². The lowest BCUT2D eigenvalue weighted by atomic mass is 10.1. The van der Waals surface area contributed by atoms with Crippen LogP contribution in [0.2, 0.25) is 0 Å². The van der Waals surface area contributed by atoms with Gasteiger partial charge in [-0.15, -0.1) is 0 Å². The fraction of sp³-hybridized carbons (Fsp3) is 0.125. The van der Waals surface area contributed by atoms with E-state index in [1.54, 1.807) is 5.32 Å². The molecule has 1 N–H and O–H groups in total. The average molecular weight is 286 g/mol. The molecular formula is C8H4BrF4NO. The standard InChI is InChI=1S/C8H4BrF4NO/c9-4-1-2-5(14-3-15)6(7(4)10)8(11,12)13/h1-3H,(H,14,15). The van der Waals surface area contributed by atoms with E-state index in [9.17, 15) is 22.4 Å². The van der Waals surface area contributed by atoms with Crippen LogP contribution >= 0.6 is 15.9 Å². The van der Waals surface area contributed by atoms with Crippen molar-refractivity contribution in [2.45, 2.75) is 6.18 Å². The van der Waals surface area contributed by atoms with Gasteiger partial charge >= 0.3 is 6.18 Å². The maximum absolute atomic E-state index is 13.2. The van der Waals surface area contributed by atoms with Crippen LogP contribution in [-0.4, -0.2) is 6.41 Å². The van der Waals surface area contributed by atoms with Crippen molar-refractivity contribution in [2.24, 2.45) is 0 Å². The van der Waals surface area contributed by atoms with Gasteiger partial charge in [-0.1, -0.05) is 0 Å². The second-order valence-corrected chi connectivity index (χ2v) is 3.40. The Morgan fingerprint density at radius 1 is 1.33 bits per heavy atom. The van der Waals surface area contributed by atoms with Gasteiger partial charge in [0.1, 0.15) is 5.56 Å². The number of hydrogen-bond acceptors (Lipinski definition) is 1. The molecule has 1 aromatic carbocycles. The number of amides is 1. The Morgan fingerprint density at radius 2 is 1.93 bits per heavy atom. The van der Waals surface area contributed by atoms with Crippen molar-refractivity contribution in [3.8, 4) is 0 Å². The number of carbonyl (C=O) groups is 1. The molecule has 0 aliphatic heterocycles. The second-order valence-electron chi connectivity index (χ2n) is 2.54. The number of rotatable bonds is 2. The lowest BCUT2D eigenvalue weighted by molar-refractivity contribution is -0.139. The number of benzene rings is 1. The highest BCUT2D eigenvalue weighted by molar-refractivity contribution is 9.10. The fourth-order valence-corrected chi connectivity index (χ4v) is 1.34. The van der Waals surface area contributed by atoms with E-state index < -0.39 is 23.2 Å². The zero-order valence-corrected chi connectivity index (χ0v) is 8.62.